The van der Waals surface area contributed by atoms with Gasteiger partial charge in [-0.15, -0.1) is 0 Å². The van der Waals surface area contributed by atoms with Crippen LogP contribution in [0.15, 0.2) is 42.5 Å². The van der Waals surface area contributed by atoms with Gasteiger partial charge in [-0.3, -0.25) is 0 Å². The number of hydrogen-bond acceptors (Lipinski definition) is 2. The Balaban J connectivity index is 1.95. The van der Waals surface area contributed by atoms with Crippen LogP contribution in [-0.4, -0.2) is 12.6 Å². The number of fused-ring (bicyclic) bond motifs is 1. The molecular formula is C18H21FN2. The molecule has 1 atom stereocenters. The molecule has 1 heterocycles. The van der Waals surface area contributed by atoms with Gasteiger partial charge in [0.1, 0.15) is 5.82 Å². The Morgan fingerprint density at radius 2 is 2.00 bits per heavy atom. The first-order chi connectivity index (χ1) is 10.2. The second-order valence-electron chi connectivity index (χ2n) is 5.65. The van der Waals surface area contributed by atoms with E-state index in [2.05, 4.69) is 42.3 Å². The summed E-state index contributed by atoms with van der Waals surface area (Å²) < 4.78 is 13.5. The third-order valence-electron chi connectivity index (χ3n) is 4.09. The summed E-state index contributed by atoms with van der Waals surface area (Å²) in [5, 5.41) is 3.51. The van der Waals surface area contributed by atoms with Crippen LogP contribution in [0.3, 0.4) is 0 Å². The number of halogens is 1. The lowest BCUT2D eigenvalue weighted by Gasteiger charge is -2.28. The number of nitrogens with zero attached hydrogens (tertiary/aromatic N) is 1. The fourth-order valence-corrected chi connectivity index (χ4v) is 2.96. The topological polar surface area (TPSA) is 15.3 Å². The Morgan fingerprint density at radius 3 is 2.76 bits per heavy atom. The minimum absolute atomic E-state index is 0.195. The van der Waals surface area contributed by atoms with Crippen molar-refractivity contribution in [3.63, 3.8) is 0 Å². The summed E-state index contributed by atoms with van der Waals surface area (Å²) in [7, 11) is 0. The standard InChI is InChI=1S/C18H21FN2/c1-3-21(16-6-4-5-15(19)12-16)17-9-10-18-14(11-17)8-7-13(2)20-18/h4-6,9-13,20H,3,7-8H2,1-2H3. The predicted molar refractivity (Wildman–Crippen MR) is 86.9 cm³/mol. The SMILES string of the molecule is CCN(c1cccc(F)c1)c1ccc2c(c1)CCC(C)N2. The largest absolute Gasteiger partial charge is 0.382 e. The summed E-state index contributed by atoms with van der Waals surface area (Å²) in [6, 6.07) is 13.8. The van der Waals surface area contributed by atoms with E-state index in [1.807, 2.05) is 6.07 Å². The van der Waals surface area contributed by atoms with Crippen molar-refractivity contribution in [3.8, 4) is 0 Å². The van der Waals surface area contributed by atoms with E-state index in [1.165, 1.54) is 17.3 Å². The highest BCUT2D eigenvalue weighted by molar-refractivity contribution is 5.68. The molecule has 0 fully saturated rings. The average Bonchev–Trinajstić information content (AvgIpc) is 2.48. The Labute approximate surface area is 125 Å². The zero-order valence-corrected chi connectivity index (χ0v) is 12.6. The molecule has 0 amide bonds. The summed E-state index contributed by atoms with van der Waals surface area (Å²) in [6.07, 6.45) is 2.25. The molecule has 2 aromatic rings. The maximum Gasteiger partial charge on any atom is 0.125 e. The zero-order valence-electron chi connectivity index (χ0n) is 12.6. The molecule has 0 aromatic heterocycles. The van der Waals surface area contributed by atoms with Crippen molar-refractivity contribution >= 4 is 17.1 Å². The summed E-state index contributed by atoms with van der Waals surface area (Å²) >= 11 is 0. The van der Waals surface area contributed by atoms with Gasteiger partial charge in [0.05, 0.1) is 0 Å². The van der Waals surface area contributed by atoms with Gasteiger partial charge in [0, 0.05) is 29.6 Å². The lowest BCUT2D eigenvalue weighted by molar-refractivity contribution is 0.627. The van der Waals surface area contributed by atoms with Gasteiger partial charge in [0.25, 0.3) is 0 Å². The van der Waals surface area contributed by atoms with Crippen LogP contribution in [0.4, 0.5) is 21.5 Å². The first-order valence-electron chi connectivity index (χ1n) is 7.60. The normalized spacial score (nSPS) is 17.0. The number of nitrogens with one attached hydrogen (secondary N) is 1. The molecule has 0 aliphatic carbocycles. The number of aryl methyl sites for hydroxylation is 1. The molecule has 2 aromatic carbocycles. The van der Waals surface area contributed by atoms with Gasteiger partial charge in [0.15, 0.2) is 0 Å². The van der Waals surface area contributed by atoms with Gasteiger partial charge >= 0.3 is 0 Å². The van der Waals surface area contributed by atoms with Gasteiger partial charge in [-0.25, -0.2) is 4.39 Å². The van der Waals surface area contributed by atoms with Gasteiger partial charge in [-0.2, -0.15) is 0 Å². The Bertz CT molecular complexity index is 639. The molecule has 3 heteroatoms. The van der Waals surface area contributed by atoms with Crippen LogP contribution in [0.25, 0.3) is 0 Å². The van der Waals surface area contributed by atoms with Gasteiger partial charge in [-0.05, 0) is 68.7 Å². The highest BCUT2D eigenvalue weighted by atomic mass is 19.1. The van der Waals surface area contributed by atoms with Crippen LogP contribution in [0, 0.1) is 5.82 Å². The molecule has 1 unspecified atom stereocenters. The van der Waals surface area contributed by atoms with E-state index in [9.17, 15) is 4.39 Å². The number of anilines is 3. The lowest BCUT2D eigenvalue weighted by Crippen LogP contribution is -2.23. The van der Waals surface area contributed by atoms with Crippen molar-refractivity contribution in [2.24, 2.45) is 0 Å². The minimum atomic E-state index is -0.195. The number of hydrogen-bond donors (Lipinski definition) is 1. The molecule has 1 N–H and O–H groups in total. The Hall–Kier alpha value is -2.03. The van der Waals surface area contributed by atoms with Crippen molar-refractivity contribution in [2.75, 3.05) is 16.8 Å². The second-order valence-corrected chi connectivity index (χ2v) is 5.65. The molecule has 0 saturated carbocycles. The van der Waals surface area contributed by atoms with Crippen LogP contribution in [-0.2, 0) is 6.42 Å². The lowest BCUT2D eigenvalue weighted by atomic mass is 9.98. The number of rotatable bonds is 3. The van der Waals surface area contributed by atoms with Crippen LogP contribution in [0.5, 0.6) is 0 Å². The Kier molecular flexibility index (Phi) is 3.82. The summed E-state index contributed by atoms with van der Waals surface area (Å²) in [5.74, 6) is -0.195. The molecule has 0 saturated heterocycles. The third-order valence-corrected chi connectivity index (χ3v) is 4.09. The molecule has 0 spiro atoms. The molecule has 3 rings (SSSR count). The highest BCUT2D eigenvalue weighted by Crippen LogP contribution is 2.32. The molecule has 1 aliphatic rings. The first-order valence-corrected chi connectivity index (χ1v) is 7.60. The summed E-state index contributed by atoms with van der Waals surface area (Å²) in [4.78, 5) is 2.14. The smallest absolute Gasteiger partial charge is 0.125 e. The van der Waals surface area contributed by atoms with E-state index in [-0.39, 0.29) is 5.82 Å². The van der Waals surface area contributed by atoms with Gasteiger partial charge in [0.2, 0.25) is 0 Å². The summed E-state index contributed by atoms with van der Waals surface area (Å²) in [6.45, 7) is 5.11. The first kappa shape index (κ1) is 13.9. The molecule has 0 radical (unpaired) electrons. The average molecular weight is 284 g/mol. The van der Waals surface area contributed by atoms with E-state index < -0.39 is 0 Å². The van der Waals surface area contributed by atoms with E-state index >= 15 is 0 Å². The van der Waals surface area contributed by atoms with E-state index in [0.717, 1.165) is 30.8 Å². The summed E-state index contributed by atoms with van der Waals surface area (Å²) in [5.41, 5.74) is 4.60. The van der Waals surface area contributed by atoms with Crippen molar-refractivity contribution in [1.82, 2.24) is 0 Å². The maximum absolute atomic E-state index is 13.5. The second kappa shape index (κ2) is 5.76. The quantitative estimate of drug-likeness (QED) is 0.876. The highest BCUT2D eigenvalue weighted by Gasteiger charge is 2.16. The monoisotopic (exact) mass is 284 g/mol. The molecule has 110 valence electrons. The van der Waals surface area contributed by atoms with E-state index in [1.54, 1.807) is 12.1 Å². The fraction of sp³-hybridized carbons (Fsp3) is 0.333. The van der Waals surface area contributed by atoms with Gasteiger partial charge < -0.3 is 10.2 Å². The van der Waals surface area contributed by atoms with Crippen LogP contribution < -0.4 is 10.2 Å². The van der Waals surface area contributed by atoms with Crippen LogP contribution >= 0.6 is 0 Å². The molecule has 21 heavy (non-hydrogen) atoms. The maximum atomic E-state index is 13.5. The zero-order chi connectivity index (χ0) is 14.8. The molecule has 1 aliphatic heterocycles. The van der Waals surface area contributed by atoms with Crippen LogP contribution in [0.1, 0.15) is 25.8 Å². The molecule has 2 nitrogen and oxygen atoms in total. The van der Waals surface area contributed by atoms with Crippen molar-refractivity contribution in [1.29, 1.82) is 0 Å². The minimum Gasteiger partial charge on any atom is -0.382 e. The van der Waals surface area contributed by atoms with Crippen molar-refractivity contribution < 1.29 is 4.39 Å². The van der Waals surface area contributed by atoms with Crippen molar-refractivity contribution in [2.45, 2.75) is 32.7 Å². The fourth-order valence-electron chi connectivity index (χ4n) is 2.96. The molecule has 0 bridgehead atoms. The van der Waals surface area contributed by atoms with E-state index in [0.29, 0.717) is 6.04 Å². The van der Waals surface area contributed by atoms with Crippen LogP contribution in [0.2, 0.25) is 0 Å². The van der Waals surface area contributed by atoms with Crippen molar-refractivity contribution in [3.05, 3.63) is 53.8 Å². The Morgan fingerprint density at radius 1 is 1.19 bits per heavy atom. The number of benzene rings is 2. The third kappa shape index (κ3) is 2.87. The van der Waals surface area contributed by atoms with E-state index in [4.69, 9.17) is 0 Å². The predicted octanol–water partition coefficient (Wildman–Crippen LogP) is 4.73. The molecular weight excluding hydrogens is 263 g/mol. The van der Waals surface area contributed by atoms with Gasteiger partial charge in [-0.1, -0.05) is 6.07 Å².